The average molecular weight is 487 g/mol. The van der Waals surface area contributed by atoms with Gasteiger partial charge in [0.15, 0.2) is 0 Å². The molecule has 8 heteroatoms. The number of nitro benzene ring substituents is 1. The lowest BCUT2D eigenvalue weighted by Crippen LogP contribution is -2.18. The molecule has 0 fully saturated rings. The fraction of sp³-hybridized carbons (Fsp3) is 0.185. The summed E-state index contributed by atoms with van der Waals surface area (Å²) >= 11 is 1.44. The van der Waals surface area contributed by atoms with Gasteiger partial charge in [-0.05, 0) is 34.7 Å². The first-order valence-corrected chi connectivity index (χ1v) is 12.2. The number of hydrogen-bond acceptors (Lipinski definition) is 6. The third-order valence-electron chi connectivity index (χ3n) is 6.12. The molecule has 1 aromatic heterocycles. The summed E-state index contributed by atoms with van der Waals surface area (Å²) in [6.45, 7) is 4.33. The number of thiazole rings is 1. The molecule has 0 radical (unpaired) electrons. The molecule has 0 aliphatic carbocycles. The van der Waals surface area contributed by atoms with Crippen molar-refractivity contribution < 1.29 is 9.31 Å². The van der Waals surface area contributed by atoms with Crippen LogP contribution >= 0.6 is 11.3 Å². The summed E-state index contributed by atoms with van der Waals surface area (Å²) in [4.78, 5) is 15.6. The molecule has 1 aliphatic heterocycles. The van der Waals surface area contributed by atoms with E-state index < -0.39 is 4.92 Å². The third kappa shape index (κ3) is 4.70. The molecule has 176 valence electrons. The monoisotopic (exact) mass is 486 g/mol. The Balaban J connectivity index is 1.52. The second kappa shape index (κ2) is 9.38. The van der Waals surface area contributed by atoms with Crippen LogP contribution in [0.1, 0.15) is 48.9 Å². The average Bonchev–Trinajstić information content (AvgIpc) is 3.52. The van der Waals surface area contributed by atoms with Gasteiger partial charge in [0.2, 0.25) is 5.13 Å². The summed E-state index contributed by atoms with van der Waals surface area (Å²) in [7, 11) is 0. The van der Waals surface area contributed by atoms with E-state index in [1.54, 1.807) is 18.2 Å². The van der Waals surface area contributed by atoms with E-state index in [9.17, 15) is 14.5 Å². The topological polar surface area (TPSA) is 71.6 Å². The quantitative estimate of drug-likeness (QED) is 0.211. The van der Waals surface area contributed by atoms with Crippen LogP contribution < -0.4 is 5.01 Å². The van der Waals surface area contributed by atoms with Gasteiger partial charge in [0.05, 0.1) is 22.4 Å². The molecular weight excluding hydrogens is 463 g/mol. The predicted octanol–water partition coefficient (Wildman–Crippen LogP) is 7.34. The zero-order valence-corrected chi connectivity index (χ0v) is 20.1. The zero-order chi connectivity index (χ0) is 24.5. The lowest BCUT2D eigenvalue weighted by atomic mass is 9.95. The molecule has 35 heavy (non-hydrogen) atoms. The Bertz CT molecular complexity index is 1400. The van der Waals surface area contributed by atoms with Crippen LogP contribution in [0.15, 0.2) is 83.3 Å². The minimum atomic E-state index is -0.409. The fourth-order valence-electron chi connectivity index (χ4n) is 4.15. The van der Waals surface area contributed by atoms with Crippen molar-refractivity contribution in [2.24, 2.45) is 5.10 Å². The van der Waals surface area contributed by atoms with E-state index in [1.165, 1.54) is 41.2 Å². The van der Waals surface area contributed by atoms with E-state index in [-0.39, 0.29) is 17.5 Å². The molecule has 0 bridgehead atoms. The van der Waals surface area contributed by atoms with Crippen LogP contribution in [0.5, 0.6) is 0 Å². The number of nitrogens with zero attached hydrogens (tertiary/aromatic N) is 4. The SMILES string of the molecule is CC(C)c1ccc(C2CC(c3ccc(F)cc3)=NN2c2nc(-c3cccc([N+](=O)[O-])c3)cs2)cc1. The molecule has 0 amide bonds. The largest absolute Gasteiger partial charge is 0.270 e. The van der Waals surface area contributed by atoms with E-state index in [4.69, 9.17) is 10.1 Å². The van der Waals surface area contributed by atoms with Crippen molar-refractivity contribution in [1.29, 1.82) is 0 Å². The molecule has 0 N–H and O–H groups in total. The minimum Gasteiger partial charge on any atom is -0.258 e. The molecule has 5 rings (SSSR count). The summed E-state index contributed by atoms with van der Waals surface area (Å²) in [6, 6.07) is 21.3. The Labute approximate surface area is 206 Å². The van der Waals surface area contributed by atoms with Crippen molar-refractivity contribution >= 4 is 27.9 Å². The molecule has 0 saturated heterocycles. The first kappa shape index (κ1) is 22.9. The molecule has 1 aliphatic rings. The number of halogens is 1. The van der Waals surface area contributed by atoms with E-state index in [1.807, 2.05) is 16.5 Å². The Morgan fingerprint density at radius 1 is 1.06 bits per heavy atom. The number of hydrazone groups is 1. The van der Waals surface area contributed by atoms with Crippen LogP contribution in [-0.4, -0.2) is 15.6 Å². The number of aromatic nitrogens is 1. The molecule has 0 spiro atoms. The highest BCUT2D eigenvalue weighted by molar-refractivity contribution is 7.14. The van der Waals surface area contributed by atoms with Crippen molar-refractivity contribution in [3.05, 3.63) is 111 Å². The predicted molar refractivity (Wildman–Crippen MR) is 138 cm³/mol. The van der Waals surface area contributed by atoms with Gasteiger partial charge in [-0.1, -0.05) is 62.4 Å². The van der Waals surface area contributed by atoms with Gasteiger partial charge >= 0.3 is 0 Å². The van der Waals surface area contributed by atoms with Crippen LogP contribution in [0.2, 0.25) is 0 Å². The van der Waals surface area contributed by atoms with Crippen molar-refractivity contribution in [3.8, 4) is 11.3 Å². The number of hydrogen-bond donors (Lipinski definition) is 0. The molecule has 2 heterocycles. The van der Waals surface area contributed by atoms with Crippen LogP contribution in [0.25, 0.3) is 11.3 Å². The third-order valence-corrected chi connectivity index (χ3v) is 6.95. The van der Waals surface area contributed by atoms with Crippen molar-refractivity contribution in [1.82, 2.24) is 4.98 Å². The van der Waals surface area contributed by atoms with Gasteiger partial charge in [0, 0.05) is 29.5 Å². The molecule has 3 aromatic carbocycles. The van der Waals surface area contributed by atoms with Gasteiger partial charge in [0.25, 0.3) is 5.69 Å². The van der Waals surface area contributed by atoms with Crippen molar-refractivity contribution in [3.63, 3.8) is 0 Å². The Kier molecular flexibility index (Phi) is 6.13. The van der Waals surface area contributed by atoms with Gasteiger partial charge in [-0.3, -0.25) is 10.1 Å². The Morgan fingerprint density at radius 3 is 2.49 bits per heavy atom. The maximum atomic E-state index is 13.5. The van der Waals surface area contributed by atoms with E-state index in [0.717, 1.165) is 16.8 Å². The highest BCUT2D eigenvalue weighted by atomic mass is 32.1. The summed E-state index contributed by atoms with van der Waals surface area (Å²) in [5.41, 5.74) is 5.47. The van der Waals surface area contributed by atoms with Gasteiger partial charge in [-0.25, -0.2) is 14.4 Å². The molecule has 4 aromatic rings. The normalized spacial score (nSPS) is 15.5. The molecule has 1 unspecified atom stereocenters. The maximum Gasteiger partial charge on any atom is 0.270 e. The van der Waals surface area contributed by atoms with E-state index in [2.05, 4.69) is 38.1 Å². The van der Waals surface area contributed by atoms with Crippen molar-refractivity contribution in [2.45, 2.75) is 32.2 Å². The van der Waals surface area contributed by atoms with E-state index >= 15 is 0 Å². The first-order valence-electron chi connectivity index (χ1n) is 11.3. The number of anilines is 1. The lowest BCUT2D eigenvalue weighted by molar-refractivity contribution is -0.384. The first-order chi connectivity index (χ1) is 16.9. The van der Waals surface area contributed by atoms with Crippen LogP contribution in [0.3, 0.4) is 0 Å². The Hall–Kier alpha value is -3.91. The van der Waals surface area contributed by atoms with Gasteiger partial charge in [-0.15, -0.1) is 11.3 Å². The smallest absolute Gasteiger partial charge is 0.258 e. The van der Waals surface area contributed by atoms with Gasteiger partial charge in [-0.2, -0.15) is 5.10 Å². The number of benzene rings is 3. The second-order valence-corrected chi connectivity index (χ2v) is 9.60. The summed E-state index contributed by atoms with van der Waals surface area (Å²) in [5.74, 6) is 0.151. The summed E-state index contributed by atoms with van der Waals surface area (Å²) in [6.07, 6.45) is 0.651. The van der Waals surface area contributed by atoms with E-state index in [0.29, 0.717) is 28.7 Å². The molecular formula is C27H23FN4O2S. The van der Waals surface area contributed by atoms with Crippen LogP contribution in [0, 0.1) is 15.9 Å². The molecule has 1 atom stereocenters. The Morgan fingerprint density at radius 2 is 1.80 bits per heavy atom. The van der Waals surface area contributed by atoms with Crippen molar-refractivity contribution in [2.75, 3.05) is 5.01 Å². The fourth-order valence-corrected chi connectivity index (χ4v) is 4.98. The maximum absolute atomic E-state index is 13.5. The van der Waals surface area contributed by atoms with Gasteiger partial charge < -0.3 is 0 Å². The molecule has 6 nitrogen and oxygen atoms in total. The number of rotatable bonds is 6. The van der Waals surface area contributed by atoms with Crippen LogP contribution in [-0.2, 0) is 0 Å². The standard InChI is InChI=1S/C27H23FN4O2S/c1-17(2)18-6-8-20(9-7-18)26-15-24(19-10-12-22(28)13-11-19)30-31(26)27-29-25(16-35-27)21-4-3-5-23(14-21)32(33)34/h3-14,16-17,26H,15H2,1-2H3. The number of nitro groups is 1. The molecule has 0 saturated carbocycles. The summed E-state index contributed by atoms with van der Waals surface area (Å²) < 4.78 is 13.5. The second-order valence-electron chi connectivity index (χ2n) is 8.76. The number of non-ortho nitro benzene ring substituents is 1. The lowest BCUT2D eigenvalue weighted by Gasteiger charge is -2.21. The highest BCUT2D eigenvalue weighted by Gasteiger charge is 2.32. The van der Waals surface area contributed by atoms with Gasteiger partial charge in [0.1, 0.15) is 5.82 Å². The van der Waals surface area contributed by atoms with Crippen LogP contribution in [0.4, 0.5) is 15.2 Å². The minimum absolute atomic E-state index is 0.0259. The summed E-state index contributed by atoms with van der Waals surface area (Å²) in [5, 5.41) is 20.6. The highest BCUT2D eigenvalue weighted by Crippen LogP contribution is 2.40. The zero-order valence-electron chi connectivity index (χ0n) is 19.3.